The van der Waals surface area contributed by atoms with Gasteiger partial charge in [0.05, 0.1) is 0 Å². The third-order valence-electron chi connectivity index (χ3n) is 3.97. The molecule has 2 aliphatic heterocycles. The molecule has 1 saturated heterocycles. The van der Waals surface area contributed by atoms with Crippen molar-refractivity contribution in [2.75, 3.05) is 52.5 Å². The maximum absolute atomic E-state index is 12.5. The van der Waals surface area contributed by atoms with Crippen molar-refractivity contribution in [3.8, 4) is 11.5 Å². The fourth-order valence-electron chi connectivity index (χ4n) is 2.78. The van der Waals surface area contributed by atoms with E-state index in [0.29, 0.717) is 31.3 Å². The van der Waals surface area contributed by atoms with Crippen LogP contribution in [-0.4, -0.2) is 65.8 Å². The van der Waals surface area contributed by atoms with Gasteiger partial charge in [-0.05, 0) is 25.1 Å². The van der Waals surface area contributed by atoms with E-state index < -0.39 is 10.0 Å². The van der Waals surface area contributed by atoms with Crippen molar-refractivity contribution >= 4 is 10.0 Å². The van der Waals surface area contributed by atoms with E-state index in [4.69, 9.17) is 9.47 Å². The first-order valence-electron chi connectivity index (χ1n) is 7.98. The number of ether oxygens (including phenoxy) is 2. The largest absolute Gasteiger partial charge is 0.486 e. The number of hydrogen-bond acceptors (Lipinski definition) is 6. The highest BCUT2D eigenvalue weighted by Crippen LogP contribution is 2.36. The minimum atomic E-state index is -3.59. The molecule has 0 unspecified atom stereocenters. The minimum absolute atomic E-state index is 0.150. The van der Waals surface area contributed by atoms with Crippen LogP contribution < -0.4 is 19.5 Å². The molecule has 0 aromatic heterocycles. The molecule has 3 rings (SSSR count). The number of rotatable bonds is 6. The van der Waals surface area contributed by atoms with Gasteiger partial charge in [-0.25, -0.2) is 13.1 Å². The zero-order valence-corrected chi connectivity index (χ0v) is 13.9. The standard InChI is InChI=1S/C15H23N3O4S/c19-23(20,17-5-2-8-18-9-6-16-7-10-18)14-4-1-3-13-15(14)22-12-11-21-13/h1,3-4,16-17H,2,5-12H2. The summed E-state index contributed by atoms with van der Waals surface area (Å²) in [5.74, 6) is 0.799. The van der Waals surface area contributed by atoms with Crippen LogP contribution in [0.4, 0.5) is 0 Å². The molecule has 1 aromatic carbocycles. The van der Waals surface area contributed by atoms with Crippen LogP contribution in [-0.2, 0) is 10.0 Å². The highest BCUT2D eigenvalue weighted by atomic mass is 32.2. The topological polar surface area (TPSA) is 79.9 Å². The highest BCUT2D eigenvalue weighted by Gasteiger charge is 2.24. The Morgan fingerprint density at radius 3 is 2.78 bits per heavy atom. The van der Waals surface area contributed by atoms with Gasteiger partial charge in [-0.3, -0.25) is 0 Å². The molecule has 8 heteroatoms. The summed E-state index contributed by atoms with van der Waals surface area (Å²) in [6.07, 6.45) is 0.783. The number of nitrogens with zero attached hydrogens (tertiary/aromatic N) is 1. The van der Waals surface area contributed by atoms with Gasteiger partial charge in [-0.2, -0.15) is 0 Å². The molecule has 0 atom stereocenters. The van der Waals surface area contributed by atoms with E-state index >= 15 is 0 Å². The lowest BCUT2D eigenvalue weighted by molar-refractivity contribution is 0.167. The fraction of sp³-hybridized carbons (Fsp3) is 0.600. The maximum Gasteiger partial charge on any atom is 0.244 e. The van der Waals surface area contributed by atoms with Crippen molar-refractivity contribution in [1.29, 1.82) is 0 Å². The summed E-state index contributed by atoms with van der Waals surface area (Å²) in [4.78, 5) is 2.49. The van der Waals surface area contributed by atoms with E-state index in [1.807, 2.05) is 0 Å². The zero-order valence-electron chi connectivity index (χ0n) is 13.1. The maximum atomic E-state index is 12.5. The van der Waals surface area contributed by atoms with E-state index in [9.17, 15) is 8.42 Å². The second-order valence-electron chi connectivity index (χ2n) is 5.62. The molecule has 0 amide bonds. The third-order valence-corrected chi connectivity index (χ3v) is 5.46. The molecule has 1 fully saturated rings. The second-order valence-corrected chi connectivity index (χ2v) is 7.36. The normalized spacial score (nSPS) is 18.8. The zero-order chi connectivity index (χ0) is 16.1. The number of sulfonamides is 1. The van der Waals surface area contributed by atoms with Gasteiger partial charge in [-0.1, -0.05) is 6.07 Å². The number of fused-ring (bicyclic) bond motifs is 1. The van der Waals surface area contributed by atoms with Crippen molar-refractivity contribution in [3.05, 3.63) is 18.2 Å². The summed E-state index contributed by atoms with van der Waals surface area (Å²) >= 11 is 0. The molecule has 23 heavy (non-hydrogen) atoms. The third kappa shape index (κ3) is 4.14. The van der Waals surface area contributed by atoms with Gasteiger partial charge in [0.1, 0.15) is 18.1 Å². The molecule has 0 bridgehead atoms. The molecule has 2 aliphatic rings. The first-order valence-corrected chi connectivity index (χ1v) is 9.46. The van der Waals surface area contributed by atoms with Gasteiger partial charge in [0.25, 0.3) is 0 Å². The van der Waals surface area contributed by atoms with Gasteiger partial charge in [0.2, 0.25) is 10.0 Å². The summed E-state index contributed by atoms with van der Waals surface area (Å²) < 4.78 is 38.5. The van der Waals surface area contributed by atoms with Crippen molar-refractivity contribution in [3.63, 3.8) is 0 Å². The van der Waals surface area contributed by atoms with E-state index in [2.05, 4.69) is 14.9 Å². The monoisotopic (exact) mass is 341 g/mol. The van der Waals surface area contributed by atoms with E-state index in [1.165, 1.54) is 0 Å². The Morgan fingerprint density at radius 2 is 1.96 bits per heavy atom. The van der Waals surface area contributed by atoms with E-state index in [0.717, 1.165) is 39.1 Å². The number of hydrogen-bond donors (Lipinski definition) is 2. The first kappa shape index (κ1) is 16.5. The fourth-order valence-corrected chi connectivity index (χ4v) is 4.01. The molecule has 128 valence electrons. The summed E-state index contributed by atoms with van der Waals surface area (Å²) in [6, 6.07) is 4.94. The van der Waals surface area contributed by atoms with Crippen LogP contribution in [0.1, 0.15) is 6.42 Å². The summed E-state index contributed by atoms with van der Waals surface area (Å²) in [6.45, 7) is 6.15. The van der Waals surface area contributed by atoms with Gasteiger partial charge < -0.3 is 19.7 Å². The molecule has 7 nitrogen and oxygen atoms in total. The van der Waals surface area contributed by atoms with Crippen LogP contribution in [0, 0.1) is 0 Å². The van der Waals surface area contributed by atoms with Crippen molar-refractivity contribution in [1.82, 2.24) is 14.9 Å². The van der Waals surface area contributed by atoms with Gasteiger partial charge in [0, 0.05) is 32.7 Å². The van der Waals surface area contributed by atoms with Crippen LogP contribution in [0.3, 0.4) is 0 Å². The Balaban J connectivity index is 1.57. The van der Waals surface area contributed by atoms with Crippen LogP contribution in [0.15, 0.2) is 23.1 Å². The molecular formula is C15H23N3O4S. The van der Waals surface area contributed by atoms with Gasteiger partial charge >= 0.3 is 0 Å². The average molecular weight is 341 g/mol. The first-order chi connectivity index (χ1) is 11.2. The number of para-hydroxylation sites is 1. The number of nitrogens with one attached hydrogen (secondary N) is 2. The lowest BCUT2D eigenvalue weighted by Gasteiger charge is -2.27. The Morgan fingerprint density at radius 1 is 1.17 bits per heavy atom. The quantitative estimate of drug-likeness (QED) is 0.711. The summed E-state index contributed by atoms with van der Waals surface area (Å²) in [7, 11) is -3.59. The lowest BCUT2D eigenvalue weighted by Crippen LogP contribution is -2.44. The Labute approximate surface area is 137 Å². The Hall–Kier alpha value is -1.35. The Kier molecular flexibility index (Phi) is 5.37. The van der Waals surface area contributed by atoms with Crippen molar-refractivity contribution in [2.45, 2.75) is 11.3 Å². The van der Waals surface area contributed by atoms with Crippen LogP contribution in [0.5, 0.6) is 11.5 Å². The van der Waals surface area contributed by atoms with E-state index in [1.54, 1.807) is 18.2 Å². The predicted octanol–water partition coefficient (Wildman–Crippen LogP) is 0.0314. The SMILES string of the molecule is O=S(=O)(NCCCN1CCNCC1)c1cccc2c1OCCO2. The molecule has 2 N–H and O–H groups in total. The molecule has 0 spiro atoms. The molecule has 1 aromatic rings. The van der Waals surface area contributed by atoms with Crippen LogP contribution in [0.2, 0.25) is 0 Å². The highest BCUT2D eigenvalue weighted by molar-refractivity contribution is 7.89. The molecular weight excluding hydrogens is 318 g/mol. The number of benzene rings is 1. The number of piperazine rings is 1. The molecule has 0 radical (unpaired) electrons. The second kappa shape index (κ2) is 7.48. The van der Waals surface area contributed by atoms with Crippen molar-refractivity contribution in [2.24, 2.45) is 0 Å². The summed E-state index contributed by atoms with van der Waals surface area (Å²) in [5, 5.41) is 3.30. The van der Waals surface area contributed by atoms with Crippen LogP contribution >= 0.6 is 0 Å². The summed E-state index contributed by atoms with van der Waals surface area (Å²) in [5.41, 5.74) is 0. The predicted molar refractivity (Wildman–Crippen MR) is 86.5 cm³/mol. The van der Waals surface area contributed by atoms with Crippen LogP contribution in [0.25, 0.3) is 0 Å². The van der Waals surface area contributed by atoms with E-state index in [-0.39, 0.29) is 4.90 Å². The minimum Gasteiger partial charge on any atom is -0.486 e. The molecule has 2 heterocycles. The Bertz CT molecular complexity index is 630. The average Bonchev–Trinajstić information content (AvgIpc) is 2.59. The van der Waals surface area contributed by atoms with Gasteiger partial charge in [-0.15, -0.1) is 0 Å². The molecule has 0 aliphatic carbocycles. The molecule has 0 saturated carbocycles. The van der Waals surface area contributed by atoms with Gasteiger partial charge in [0.15, 0.2) is 11.5 Å². The lowest BCUT2D eigenvalue weighted by atomic mass is 10.3. The smallest absolute Gasteiger partial charge is 0.244 e. The van der Waals surface area contributed by atoms with Crippen molar-refractivity contribution < 1.29 is 17.9 Å².